The molecule has 1 aliphatic heterocycles. The van der Waals surface area contributed by atoms with Gasteiger partial charge in [0.15, 0.2) is 0 Å². The predicted octanol–water partition coefficient (Wildman–Crippen LogP) is 1.51. The fraction of sp³-hybridized carbons (Fsp3) is 0.857. The molecular weight excluding hydrogens is 356 g/mol. The maximum Gasteiger partial charge on any atom is 0.223 e. The van der Waals surface area contributed by atoms with E-state index in [1.807, 2.05) is 23.6 Å². The Balaban J connectivity index is 1.51. The first-order chi connectivity index (χ1) is 13.4. The van der Waals surface area contributed by atoms with Crippen LogP contribution in [0.1, 0.15) is 65.2 Å². The van der Waals surface area contributed by atoms with Crippen molar-refractivity contribution < 1.29 is 14.4 Å². The van der Waals surface area contributed by atoms with Crippen LogP contribution in [0.25, 0.3) is 0 Å². The van der Waals surface area contributed by atoms with E-state index in [1.54, 1.807) is 0 Å². The summed E-state index contributed by atoms with van der Waals surface area (Å²) >= 11 is 0. The molecule has 28 heavy (non-hydrogen) atoms. The molecular formula is C21H38N4O3. The van der Waals surface area contributed by atoms with Gasteiger partial charge in [0.25, 0.3) is 0 Å². The second kappa shape index (κ2) is 11.4. The van der Waals surface area contributed by atoms with E-state index in [1.165, 1.54) is 0 Å². The van der Waals surface area contributed by atoms with E-state index in [4.69, 9.17) is 5.73 Å². The van der Waals surface area contributed by atoms with Crippen LogP contribution in [0.3, 0.4) is 0 Å². The fourth-order valence-corrected chi connectivity index (χ4v) is 4.03. The Kier molecular flexibility index (Phi) is 9.22. The van der Waals surface area contributed by atoms with Gasteiger partial charge in [0.2, 0.25) is 17.7 Å². The van der Waals surface area contributed by atoms with Gasteiger partial charge in [-0.25, -0.2) is 0 Å². The lowest BCUT2D eigenvalue weighted by atomic mass is 10.1. The average molecular weight is 395 g/mol. The smallest absolute Gasteiger partial charge is 0.223 e. The summed E-state index contributed by atoms with van der Waals surface area (Å²) in [7, 11) is 0. The van der Waals surface area contributed by atoms with Gasteiger partial charge in [-0.1, -0.05) is 20.3 Å². The number of unbranched alkanes of at least 4 members (excludes halogenated alkanes) is 2. The highest BCUT2D eigenvalue weighted by atomic mass is 16.2. The number of nitrogens with one attached hydrogen (secondary N) is 1. The van der Waals surface area contributed by atoms with Gasteiger partial charge in [0.05, 0.1) is 0 Å². The second-order valence-electron chi connectivity index (χ2n) is 8.73. The lowest BCUT2D eigenvalue weighted by Crippen LogP contribution is -2.50. The quantitative estimate of drug-likeness (QED) is 0.580. The van der Waals surface area contributed by atoms with Crippen LogP contribution >= 0.6 is 0 Å². The average Bonchev–Trinajstić information content (AvgIpc) is 3.10. The number of nitrogens with zero attached hydrogens (tertiary/aromatic N) is 2. The number of hydrogen-bond acceptors (Lipinski definition) is 4. The Hall–Kier alpha value is -1.63. The Morgan fingerprint density at radius 1 is 0.964 bits per heavy atom. The van der Waals surface area contributed by atoms with E-state index in [2.05, 4.69) is 5.32 Å². The molecule has 7 heteroatoms. The molecule has 1 saturated heterocycles. The van der Waals surface area contributed by atoms with E-state index < -0.39 is 0 Å². The van der Waals surface area contributed by atoms with Crippen LogP contribution < -0.4 is 11.1 Å². The third-order valence-corrected chi connectivity index (χ3v) is 5.78. The zero-order valence-corrected chi connectivity index (χ0v) is 17.6. The summed E-state index contributed by atoms with van der Waals surface area (Å²) in [5.41, 5.74) is 5.85. The Morgan fingerprint density at radius 3 is 2.18 bits per heavy atom. The summed E-state index contributed by atoms with van der Waals surface area (Å²) in [6, 6.07) is 0.178. The van der Waals surface area contributed by atoms with Crippen LogP contribution in [-0.4, -0.2) is 66.3 Å². The molecule has 3 amide bonds. The molecule has 2 atom stereocenters. The molecule has 2 aliphatic rings. The van der Waals surface area contributed by atoms with Gasteiger partial charge in [-0.2, -0.15) is 0 Å². The minimum absolute atomic E-state index is 0.0858. The van der Waals surface area contributed by atoms with Gasteiger partial charge in [-0.3, -0.25) is 14.4 Å². The fourth-order valence-electron chi connectivity index (χ4n) is 4.03. The van der Waals surface area contributed by atoms with Crippen molar-refractivity contribution in [2.45, 2.75) is 71.3 Å². The summed E-state index contributed by atoms with van der Waals surface area (Å²) in [5, 5.41) is 3.00. The van der Waals surface area contributed by atoms with Gasteiger partial charge < -0.3 is 20.9 Å². The monoisotopic (exact) mass is 394 g/mol. The summed E-state index contributed by atoms with van der Waals surface area (Å²) in [6.07, 6.45) is 6.45. The molecule has 0 aromatic carbocycles. The molecule has 7 nitrogen and oxygen atoms in total. The second-order valence-corrected chi connectivity index (χ2v) is 8.73. The Labute approximate surface area is 169 Å². The topological polar surface area (TPSA) is 95.7 Å². The summed E-state index contributed by atoms with van der Waals surface area (Å²) < 4.78 is 0. The highest BCUT2D eigenvalue weighted by Gasteiger charge is 2.27. The summed E-state index contributed by atoms with van der Waals surface area (Å²) in [4.78, 5) is 40.2. The highest BCUT2D eigenvalue weighted by Crippen LogP contribution is 2.24. The molecule has 160 valence electrons. The molecule has 0 aromatic rings. The van der Waals surface area contributed by atoms with Gasteiger partial charge in [0, 0.05) is 57.5 Å². The van der Waals surface area contributed by atoms with E-state index in [0.29, 0.717) is 51.5 Å². The molecule has 1 heterocycles. The number of piperazine rings is 1. The third kappa shape index (κ3) is 7.41. The lowest BCUT2D eigenvalue weighted by molar-refractivity contribution is -0.140. The van der Waals surface area contributed by atoms with Gasteiger partial charge in [-0.15, -0.1) is 0 Å². The minimum atomic E-state index is 0.0858. The number of carbonyl (C=O) groups excluding carboxylic acids is 3. The van der Waals surface area contributed by atoms with Crippen molar-refractivity contribution in [3.05, 3.63) is 0 Å². The van der Waals surface area contributed by atoms with E-state index >= 15 is 0 Å². The first-order valence-corrected chi connectivity index (χ1v) is 11.0. The normalized spacial score (nSPS) is 22.6. The third-order valence-electron chi connectivity index (χ3n) is 5.78. The zero-order valence-electron chi connectivity index (χ0n) is 17.6. The van der Waals surface area contributed by atoms with Crippen LogP contribution in [0.5, 0.6) is 0 Å². The van der Waals surface area contributed by atoms with Gasteiger partial charge in [0.1, 0.15) is 0 Å². The number of carbonyl (C=O) groups is 3. The zero-order chi connectivity index (χ0) is 20.5. The maximum absolute atomic E-state index is 12.3. The van der Waals surface area contributed by atoms with Crippen molar-refractivity contribution >= 4 is 17.7 Å². The van der Waals surface area contributed by atoms with Crippen molar-refractivity contribution in [2.24, 2.45) is 17.6 Å². The minimum Gasteiger partial charge on any atom is -0.356 e. The van der Waals surface area contributed by atoms with Crippen LogP contribution in [0.2, 0.25) is 0 Å². The maximum atomic E-state index is 12.3. The van der Waals surface area contributed by atoms with Crippen molar-refractivity contribution in [3.63, 3.8) is 0 Å². The van der Waals surface area contributed by atoms with Crippen molar-refractivity contribution in [1.82, 2.24) is 15.1 Å². The van der Waals surface area contributed by atoms with Crippen molar-refractivity contribution in [1.29, 1.82) is 0 Å². The first kappa shape index (κ1) is 22.7. The molecule has 1 aliphatic carbocycles. The van der Waals surface area contributed by atoms with Crippen molar-refractivity contribution in [3.8, 4) is 0 Å². The van der Waals surface area contributed by atoms with Crippen LogP contribution in [0.15, 0.2) is 0 Å². The van der Waals surface area contributed by atoms with Crippen LogP contribution in [0, 0.1) is 11.8 Å². The van der Waals surface area contributed by atoms with Crippen molar-refractivity contribution in [2.75, 3.05) is 32.7 Å². The summed E-state index contributed by atoms with van der Waals surface area (Å²) in [6.45, 7) is 7.35. The molecule has 0 aromatic heterocycles. The molecule has 0 bridgehead atoms. The molecule has 3 N–H and O–H groups in total. The van der Waals surface area contributed by atoms with Crippen LogP contribution in [0.4, 0.5) is 0 Å². The van der Waals surface area contributed by atoms with E-state index in [0.717, 1.165) is 38.5 Å². The van der Waals surface area contributed by atoms with Gasteiger partial charge in [-0.05, 0) is 38.0 Å². The molecule has 2 fully saturated rings. The lowest BCUT2D eigenvalue weighted by Gasteiger charge is -2.35. The first-order valence-electron chi connectivity index (χ1n) is 11.0. The van der Waals surface area contributed by atoms with E-state index in [9.17, 15) is 14.4 Å². The number of rotatable bonds is 9. The Morgan fingerprint density at radius 2 is 1.61 bits per heavy atom. The highest BCUT2D eigenvalue weighted by molar-refractivity contribution is 5.79. The van der Waals surface area contributed by atoms with E-state index in [-0.39, 0.29) is 29.7 Å². The SMILES string of the molecule is CC(C)CC(=O)N1CCN(C(=O)CCCCCNC(=O)C2CCC(N)C2)CC1. The predicted molar refractivity (Wildman–Crippen MR) is 109 cm³/mol. The molecule has 1 saturated carbocycles. The number of nitrogens with two attached hydrogens (primary N) is 1. The molecule has 2 rings (SSSR count). The van der Waals surface area contributed by atoms with Gasteiger partial charge >= 0.3 is 0 Å². The standard InChI is InChI=1S/C21H38N4O3/c1-16(2)14-20(27)25-12-10-24(11-13-25)19(26)6-4-3-5-9-23-21(28)17-7-8-18(22)15-17/h16-18H,3-15,22H2,1-2H3,(H,23,28). The number of amides is 3. The Bertz CT molecular complexity index is 530. The van der Waals surface area contributed by atoms with Crippen LogP contribution in [-0.2, 0) is 14.4 Å². The largest absolute Gasteiger partial charge is 0.356 e. The molecule has 0 radical (unpaired) electrons. The number of hydrogen-bond donors (Lipinski definition) is 2. The summed E-state index contributed by atoms with van der Waals surface area (Å²) in [5.74, 6) is 0.966. The molecule has 0 spiro atoms. The molecule has 2 unspecified atom stereocenters.